The molecule has 1 heterocycles. The number of amides is 1. The van der Waals surface area contributed by atoms with Crippen molar-refractivity contribution in [2.24, 2.45) is 0 Å². The van der Waals surface area contributed by atoms with E-state index in [0.29, 0.717) is 19.7 Å². The van der Waals surface area contributed by atoms with Gasteiger partial charge in [-0.15, -0.1) is 11.3 Å². The van der Waals surface area contributed by atoms with E-state index in [0.717, 1.165) is 9.35 Å². The summed E-state index contributed by atoms with van der Waals surface area (Å²) in [5, 5.41) is 1.99. The zero-order valence-corrected chi connectivity index (χ0v) is 14.1. The van der Waals surface area contributed by atoms with E-state index >= 15 is 0 Å². The average molecular weight is 350 g/mol. The van der Waals surface area contributed by atoms with Gasteiger partial charge in [-0.2, -0.15) is 0 Å². The quantitative estimate of drug-likeness (QED) is 0.809. The van der Waals surface area contributed by atoms with Crippen molar-refractivity contribution < 1.29 is 14.3 Å². The molecule has 108 valence electrons. The number of nitrogens with zero attached hydrogens (tertiary/aromatic N) is 1. The monoisotopic (exact) mass is 349 g/mol. The Morgan fingerprint density at radius 1 is 1.47 bits per heavy atom. The zero-order valence-electron chi connectivity index (χ0n) is 11.7. The highest BCUT2D eigenvalue weighted by Gasteiger charge is 2.22. The van der Waals surface area contributed by atoms with Crippen LogP contribution in [0.15, 0.2) is 15.9 Å². The number of methoxy groups -OCH3 is 1. The third-order valence-electron chi connectivity index (χ3n) is 2.24. The Morgan fingerprint density at radius 3 is 2.63 bits per heavy atom. The van der Waals surface area contributed by atoms with Crippen LogP contribution in [0.2, 0.25) is 0 Å². The fraction of sp³-hybridized carbons (Fsp3) is 0.615. The Labute approximate surface area is 126 Å². The molecule has 0 fully saturated rings. The summed E-state index contributed by atoms with van der Waals surface area (Å²) in [6.45, 7) is 7.11. The van der Waals surface area contributed by atoms with Crippen LogP contribution in [0.1, 0.15) is 25.6 Å². The molecule has 0 N–H and O–H groups in total. The van der Waals surface area contributed by atoms with Crippen LogP contribution in [0.4, 0.5) is 4.79 Å². The molecule has 6 heteroatoms. The summed E-state index contributed by atoms with van der Waals surface area (Å²) in [6, 6.07) is 1.98. The molecule has 4 nitrogen and oxygen atoms in total. The lowest BCUT2D eigenvalue weighted by atomic mass is 10.2. The number of halogens is 1. The van der Waals surface area contributed by atoms with Gasteiger partial charge in [0.2, 0.25) is 0 Å². The van der Waals surface area contributed by atoms with Gasteiger partial charge in [-0.05, 0) is 48.1 Å². The SMILES string of the molecule is COCCN(Cc1sccc1Br)C(=O)OC(C)(C)C. The third kappa shape index (κ3) is 5.93. The van der Waals surface area contributed by atoms with Gasteiger partial charge in [0.15, 0.2) is 0 Å². The van der Waals surface area contributed by atoms with E-state index in [1.807, 2.05) is 32.2 Å². The van der Waals surface area contributed by atoms with E-state index in [9.17, 15) is 4.79 Å². The van der Waals surface area contributed by atoms with E-state index in [2.05, 4.69) is 15.9 Å². The Bertz CT molecular complexity index is 414. The van der Waals surface area contributed by atoms with Gasteiger partial charge >= 0.3 is 6.09 Å². The first-order chi connectivity index (χ1) is 8.83. The number of carbonyl (C=O) groups excluding carboxylic acids is 1. The fourth-order valence-electron chi connectivity index (χ4n) is 1.37. The molecule has 0 bridgehead atoms. The van der Waals surface area contributed by atoms with Gasteiger partial charge < -0.3 is 14.4 Å². The van der Waals surface area contributed by atoms with Gasteiger partial charge in [-0.1, -0.05) is 0 Å². The molecule has 0 atom stereocenters. The van der Waals surface area contributed by atoms with E-state index in [1.165, 1.54) is 0 Å². The zero-order chi connectivity index (χ0) is 14.5. The van der Waals surface area contributed by atoms with E-state index in [4.69, 9.17) is 9.47 Å². The second-order valence-electron chi connectivity index (χ2n) is 5.09. The molecule has 0 saturated heterocycles. The average Bonchev–Trinajstić information content (AvgIpc) is 2.67. The van der Waals surface area contributed by atoms with Crippen molar-refractivity contribution >= 4 is 33.4 Å². The maximum atomic E-state index is 12.1. The molecule has 0 unspecified atom stereocenters. The highest BCUT2D eigenvalue weighted by Crippen LogP contribution is 2.24. The Kier molecular flexibility index (Phi) is 6.29. The Balaban J connectivity index is 2.71. The first-order valence-corrected chi connectivity index (χ1v) is 7.69. The Hall–Kier alpha value is -0.590. The molecule has 1 aromatic heterocycles. The Morgan fingerprint density at radius 2 is 2.16 bits per heavy atom. The summed E-state index contributed by atoms with van der Waals surface area (Å²) in [4.78, 5) is 14.9. The lowest BCUT2D eigenvalue weighted by Gasteiger charge is -2.27. The van der Waals surface area contributed by atoms with E-state index in [-0.39, 0.29) is 6.09 Å². The van der Waals surface area contributed by atoms with Crippen molar-refractivity contribution in [1.82, 2.24) is 4.90 Å². The topological polar surface area (TPSA) is 38.8 Å². The molecule has 0 aliphatic rings. The molecule has 0 aliphatic carbocycles. The van der Waals surface area contributed by atoms with Crippen molar-refractivity contribution in [2.45, 2.75) is 32.9 Å². The number of thiophene rings is 1. The van der Waals surface area contributed by atoms with Crippen LogP contribution in [-0.4, -0.2) is 36.9 Å². The second kappa shape index (κ2) is 7.26. The van der Waals surface area contributed by atoms with Gasteiger partial charge in [0.05, 0.1) is 13.2 Å². The summed E-state index contributed by atoms with van der Waals surface area (Å²) < 4.78 is 11.5. The smallest absolute Gasteiger partial charge is 0.410 e. The normalized spacial score (nSPS) is 11.4. The largest absolute Gasteiger partial charge is 0.444 e. The van der Waals surface area contributed by atoms with Crippen LogP contribution in [-0.2, 0) is 16.0 Å². The summed E-state index contributed by atoms with van der Waals surface area (Å²) in [6.07, 6.45) is -0.315. The predicted molar refractivity (Wildman–Crippen MR) is 80.5 cm³/mol. The minimum atomic E-state index is -0.491. The summed E-state index contributed by atoms with van der Waals surface area (Å²) in [7, 11) is 1.62. The van der Waals surface area contributed by atoms with Gasteiger partial charge in [-0.3, -0.25) is 0 Å². The van der Waals surface area contributed by atoms with Crippen molar-refractivity contribution in [1.29, 1.82) is 0 Å². The van der Waals surface area contributed by atoms with Gasteiger partial charge in [0.1, 0.15) is 5.60 Å². The van der Waals surface area contributed by atoms with Crippen LogP contribution in [0, 0.1) is 0 Å². The van der Waals surface area contributed by atoms with Crippen molar-refractivity contribution in [2.75, 3.05) is 20.3 Å². The summed E-state index contributed by atoms with van der Waals surface area (Å²) in [5.41, 5.74) is -0.491. The summed E-state index contributed by atoms with van der Waals surface area (Å²) >= 11 is 5.08. The van der Waals surface area contributed by atoms with Crippen molar-refractivity contribution in [3.05, 3.63) is 20.8 Å². The van der Waals surface area contributed by atoms with Crippen molar-refractivity contribution in [3.63, 3.8) is 0 Å². The lowest BCUT2D eigenvalue weighted by Crippen LogP contribution is -2.38. The van der Waals surface area contributed by atoms with Gasteiger partial charge in [-0.25, -0.2) is 4.79 Å². The minimum absolute atomic E-state index is 0.315. The van der Waals surface area contributed by atoms with Crippen LogP contribution in [0.3, 0.4) is 0 Å². The second-order valence-corrected chi connectivity index (χ2v) is 6.94. The number of rotatable bonds is 5. The molecule has 0 radical (unpaired) electrons. The van der Waals surface area contributed by atoms with Crippen LogP contribution >= 0.6 is 27.3 Å². The van der Waals surface area contributed by atoms with E-state index < -0.39 is 5.60 Å². The third-order valence-corrected chi connectivity index (χ3v) is 4.15. The molecule has 1 amide bonds. The summed E-state index contributed by atoms with van der Waals surface area (Å²) in [5.74, 6) is 0. The van der Waals surface area contributed by atoms with Crippen LogP contribution in [0.25, 0.3) is 0 Å². The first-order valence-electron chi connectivity index (χ1n) is 6.02. The highest BCUT2D eigenvalue weighted by molar-refractivity contribution is 9.10. The standard InChI is InChI=1S/C13H20BrNO3S/c1-13(2,3)18-12(16)15(6-7-17-4)9-11-10(14)5-8-19-11/h5,8H,6-7,9H2,1-4H3. The van der Waals surface area contributed by atoms with Gasteiger partial charge in [0, 0.05) is 23.0 Å². The van der Waals surface area contributed by atoms with Crippen LogP contribution < -0.4 is 0 Å². The molecule has 0 aliphatic heterocycles. The van der Waals surface area contributed by atoms with Crippen molar-refractivity contribution in [3.8, 4) is 0 Å². The molecule has 0 spiro atoms. The first kappa shape index (κ1) is 16.5. The molecular formula is C13H20BrNO3S. The number of hydrogen-bond acceptors (Lipinski definition) is 4. The highest BCUT2D eigenvalue weighted by atomic mass is 79.9. The van der Waals surface area contributed by atoms with Crippen LogP contribution in [0.5, 0.6) is 0 Å². The lowest BCUT2D eigenvalue weighted by molar-refractivity contribution is 0.0185. The number of carbonyl (C=O) groups is 1. The molecule has 0 aromatic carbocycles. The molecule has 0 saturated carbocycles. The molecule has 1 aromatic rings. The fourth-order valence-corrected chi connectivity index (χ4v) is 2.87. The maximum absolute atomic E-state index is 12.1. The molecular weight excluding hydrogens is 330 g/mol. The molecule has 1 rings (SSSR count). The van der Waals surface area contributed by atoms with Gasteiger partial charge in [0.25, 0.3) is 0 Å². The maximum Gasteiger partial charge on any atom is 0.410 e. The number of hydrogen-bond donors (Lipinski definition) is 0. The molecule has 19 heavy (non-hydrogen) atoms. The number of ether oxygens (including phenoxy) is 2. The minimum Gasteiger partial charge on any atom is -0.444 e. The predicted octanol–water partition coefficient (Wildman–Crippen LogP) is 3.89. The van der Waals surface area contributed by atoms with E-state index in [1.54, 1.807) is 23.3 Å².